The summed E-state index contributed by atoms with van der Waals surface area (Å²) in [4.78, 5) is 19.8. The van der Waals surface area contributed by atoms with Gasteiger partial charge in [0.2, 0.25) is 0 Å². The molecule has 120 valence electrons. The molecule has 0 fully saturated rings. The fraction of sp³-hybridized carbons (Fsp3) is 0.571. The Morgan fingerprint density at radius 2 is 1.76 bits per heavy atom. The molecule has 1 aromatic rings. The molecule has 1 aromatic carbocycles. The quantitative estimate of drug-likeness (QED) is 0.606. The van der Waals surface area contributed by atoms with Crippen LogP contribution in [0.3, 0.4) is 0 Å². The molecule has 21 heavy (non-hydrogen) atoms. The third-order valence-corrected chi connectivity index (χ3v) is 3.47. The summed E-state index contributed by atoms with van der Waals surface area (Å²) < 4.78 is 15.1. The minimum absolute atomic E-state index is 0.203. The lowest BCUT2D eigenvalue weighted by molar-refractivity contribution is 0.276. The average molecular weight is 317 g/mol. The molecule has 0 spiro atoms. The molecule has 3 N–H and O–H groups in total. The highest BCUT2D eigenvalue weighted by molar-refractivity contribution is 7.46. The summed E-state index contributed by atoms with van der Waals surface area (Å²) in [5.74, 6) is -0.459. The van der Waals surface area contributed by atoms with Gasteiger partial charge in [-0.15, -0.1) is 0 Å². The molecule has 6 nitrogen and oxygen atoms in total. The second-order valence-corrected chi connectivity index (χ2v) is 6.14. The lowest BCUT2D eigenvalue weighted by atomic mass is 10.1. The van der Waals surface area contributed by atoms with E-state index in [1.54, 1.807) is 6.07 Å². The van der Waals surface area contributed by atoms with Crippen molar-refractivity contribution in [3.05, 3.63) is 23.8 Å². The van der Waals surface area contributed by atoms with Crippen LogP contribution in [0.2, 0.25) is 0 Å². The van der Waals surface area contributed by atoms with Crippen molar-refractivity contribution >= 4 is 7.82 Å². The van der Waals surface area contributed by atoms with Gasteiger partial charge in [0.25, 0.3) is 0 Å². The van der Waals surface area contributed by atoms with E-state index in [9.17, 15) is 9.67 Å². The molecular weight excluding hydrogens is 293 g/mol. The van der Waals surface area contributed by atoms with Gasteiger partial charge in [-0.1, -0.05) is 19.9 Å². The zero-order valence-electron chi connectivity index (χ0n) is 12.5. The first-order chi connectivity index (χ1) is 9.85. The largest absolute Gasteiger partial charge is 0.524 e. The van der Waals surface area contributed by atoms with E-state index < -0.39 is 7.82 Å². The van der Waals surface area contributed by atoms with Gasteiger partial charge in [-0.25, -0.2) is 4.57 Å². The maximum Gasteiger partial charge on any atom is 0.524 e. The van der Waals surface area contributed by atoms with Gasteiger partial charge in [-0.2, -0.15) is 0 Å². The van der Waals surface area contributed by atoms with Crippen molar-refractivity contribution in [2.45, 2.75) is 33.1 Å². The second-order valence-electron chi connectivity index (χ2n) is 4.98. The number of phenols is 1. The topological polar surface area (TPSA) is 90.2 Å². The van der Waals surface area contributed by atoms with E-state index in [1.165, 1.54) is 12.1 Å². The predicted molar refractivity (Wildman–Crippen MR) is 81.5 cm³/mol. The Kier molecular flexibility index (Phi) is 7.18. The number of nitrogens with zero attached hydrogens (tertiary/aromatic N) is 1. The zero-order valence-corrected chi connectivity index (χ0v) is 13.4. The molecule has 0 heterocycles. The summed E-state index contributed by atoms with van der Waals surface area (Å²) in [6, 6.07) is 4.58. The lowest BCUT2D eigenvalue weighted by Gasteiger charge is -2.21. The third-order valence-electron chi connectivity index (χ3n) is 3.04. The van der Waals surface area contributed by atoms with Crippen molar-refractivity contribution in [3.63, 3.8) is 0 Å². The van der Waals surface area contributed by atoms with E-state index in [0.717, 1.165) is 44.5 Å². The summed E-state index contributed by atoms with van der Waals surface area (Å²) in [5, 5.41) is 9.74. The Labute approximate surface area is 125 Å². The van der Waals surface area contributed by atoms with E-state index in [0.29, 0.717) is 0 Å². The molecule has 0 unspecified atom stereocenters. The van der Waals surface area contributed by atoms with Gasteiger partial charge in [-0.05, 0) is 50.0 Å². The molecule has 0 amide bonds. The van der Waals surface area contributed by atoms with Gasteiger partial charge in [0, 0.05) is 6.54 Å². The lowest BCUT2D eigenvalue weighted by Crippen LogP contribution is -2.27. The molecule has 1 rings (SSSR count). The Balaban J connectivity index is 2.64. The highest BCUT2D eigenvalue weighted by Crippen LogP contribution is 2.41. The van der Waals surface area contributed by atoms with Crippen LogP contribution in [0, 0.1) is 0 Å². The summed E-state index contributed by atoms with van der Waals surface area (Å²) in [6.07, 6.45) is 2.96. The monoisotopic (exact) mass is 317 g/mol. The van der Waals surface area contributed by atoms with Crippen LogP contribution in [0.15, 0.2) is 18.2 Å². The van der Waals surface area contributed by atoms with Gasteiger partial charge in [-0.3, -0.25) is 9.79 Å². The van der Waals surface area contributed by atoms with Gasteiger partial charge in [0.15, 0.2) is 11.5 Å². The number of phosphoric acid groups is 1. The molecule has 0 saturated carbocycles. The highest BCUT2D eigenvalue weighted by Gasteiger charge is 2.18. The smallest absolute Gasteiger partial charge is 0.504 e. The maximum absolute atomic E-state index is 10.8. The van der Waals surface area contributed by atoms with Gasteiger partial charge in [0.05, 0.1) is 0 Å². The summed E-state index contributed by atoms with van der Waals surface area (Å²) in [6.45, 7) is 7.25. The number of rotatable bonds is 9. The first-order valence-electron chi connectivity index (χ1n) is 7.15. The van der Waals surface area contributed by atoms with Gasteiger partial charge in [0.1, 0.15) is 0 Å². The Hall–Kier alpha value is -1.07. The summed E-state index contributed by atoms with van der Waals surface area (Å²) in [7, 11) is -4.65. The number of benzene rings is 1. The number of hydrogen-bond donors (Lipinski definition) is 3. The van der Waals surface area contributed by atoms with Crippen molar-refractivity contribution in [3.8, 4) is 11.5 Å². The average Bonchev–Trinajstić information content (AvgIpc) is 2.38. The van der Waals surface area contributed by atoms with Crippen molar-refractivity contribution in [1.82, 2.24) is 4.90 Å². The number of phosphoric ester groups is 1. The minimum atomic E-state index is -4.65. The van der Waals surface area contributed by atoms with Crippen LogP contribution in [0.1, 0.15) is 32.3 Å². The third kappa shape index (κ3) is 6.96. The first kappa shape index (κ1) is 18.0. The summed E-state index contributed by atoms with van der Waals surface area (Å²) >= 11 is 0. The Morgan fingerprint density at radius 1 is 1.14 bits per heavy atom. The first-order valence-corrected chi connectivity index (χ1v) is 8.68. The van der Waals surface area contributed by atoms with E-state index >= 15 is 0 Å². The Bertz CT molecular complexity index is 482. The van der Waals surface area contributed by atoms with Crippen LogP contribution >= 0.6 is 7.82 Å². The maximum atomic E-state index is 10.8. The molecule has 0 saturated heterocycles. The SMILES string of the molecule is CCCN(CCC)CCc1ccc(OP(=O)(O)O)c(O)c1. The number of hydrogen-bond acceptors (Lipinski definition) is 4. The van der Waals surface area contributed by atoms with E-state index in [-0.39, 0.29) is 11.5 Å². The van der Waals surface area contributed by atoms with Crippen LogP contribution in [-0.4, -0.2) is 39.4 Å². The molecule has 0 radical (unpaired) electrons. The fourth-order valence-corrected chi connectivity index (χ4v) is 2.59. The van der Waals surface area contributed by atoms with Crippen LogP contribution in [0.4, 0.5) is 0 Å². The molecule has 0 bridgehead atoms. The van der Waals surface area contributed by atoms with Crippen molar-refractivity contribution < 1.29 is 24.0 Å². The van der Waals surface area contributed by atoms with Crippen molar-refractivity contribution in [2.75, 3.05) is 19.6 Å². The van der Waals surface area contributed by atoms with Crippen molar-refractivity contribution in [1.29, 1.82) is 0 Å². The zero-order chi connectivity index (χ0) is 15.9. The number of phenolic OH excluding ortho intramolecular Hbond substituents is 1. The summed E-state index contributed by atoms with van der Waals surface area (Å²) in [5.41, 5.74) is 0.905. The molecule has 0 atom stereocenters. The van der Waals surface area contributed by atoms with Crippen LogP contribution in [0.25, 0.3) is 0 Å². The van der Waals surface area contributed by atoms with E-state index in [4.69, 9.17) is 9.79 Å². The molecule has 0 aliphatic rings. The molecule has 7 heteroatoms. The normalized spacial score (nSPS) is 11.9. The van der Waals surface area contributed by atoms with Crippen molar-refractivity contribution in [2.24, 2.45) is 0 Å². The van der Waals surface area contributed by atoms with Gasteiger partial charge < -0.3 is 14.5 Å². The Morgan fingerprint density at radius 3 is 2.24 bits per heavy atom. The van der Waals surface area contributed by atoms with Crippen LogP contribution in [0.5, 0.6) is 11.5 Å². The van der Waals surface area contributed by atoms with Crippen LogP contribution < -0.4 is 4.52 Å². The van der Waals surface area contributed by atoms with Crippen LogP contribution in [-0.2, 0) is 11.0 Å². The predicted octanol–water partition coefficient (Wildman–Crippen LogP) is 2.53. The molecule has 0 aromatic heterocycles. The fourth-order valence-electron chi connectivity index (χ4n) is 2.18. The number of aromatic hydroxyl groups is 1. The minimum Gasteiger partial charge on any atom is -0.504 e. The molecule has 0 aliphatic heterocycles. The standard InChI is InChI=1S/C14H24NO5P/c1-3-8-15(9-4-2)10-7-12-5-6-14(13(16)11-12)20-21(17,18)19/h5-6,11,16H,3-4,7-10H2,1-2H3,(H2,17,18,19). The molecular formula is C14H24NO5P. The molecule has 0 aliphatic carbocycles. The van der Waals surface area contributed by atoms with Gasteiger partial charge >= 0.3 is 7.82 Å². The second kappa shape index (κ2) is 8.39. The highest BCUT2D eigenvalue weighted by atomic mass is 31.2. The van der Waals surface area contributed by atoms with E-state index in [1.807, 2.05) is 0 Å². The van der Waals surface area contributed by atoms with E-state index in [2.05, 4.69) is 23.3 Å².